The van der Waals surface area contributed by atoms with Gasteiger partial charge in [0.2, 0.25) is 8.32 Å². The van der Waals surface area contributed by atoms with Crippen LogP contribution in [0.2, 0.25) is 18.1 Å². The van der Waals surface area contributed by atoms with Gasteiger partial charge in [-0.2, -0.15) is 0 Å². The molecule has 0 atom stereocenters. The van der Waals surface area contributed by atoms with Gasteiger partial charge < -0.3 is 13.7 Å². The highest BCUT2D eigenvalue weighted by Gasteiger charge is 2.51. The van der Waals surface area contributed by atoms with E-state index in [1.165, 1.54) is 0 Å². The van der Waals surface area contributed by atoms with Gasteiger partial charge in [0.15, 0.2) is 0 Å². The Hall–Kier alpha value is -0.778. The van der Waals surface area contributed by atoms with Crippen molar-refractivity contribution in [2.24, 2.45) is 0 Å². The van der Waals surface area contributed by atoms with E-state index < -0.39 is 8.32 Å². The molecule has 128 valence electrons. The summed E-state index contributed by atoms with van der Waals surface area (Å²) in [7, 11) is -2.12. The van der Waals surface area contributed by atoms with Gasteiger partial charge in [0.25, 0.3) is 0 Å². The Balaban J connectivity index is 2.13. The predicted octanol–water partition coefficient (Wildman–Crippen LogP) is 4.37. The number of hydrogen-bond acceptors (Lipinski definition) is 3. The lowest BCUT2D eigenvalue weighted by molar-refractivity contribution is 0.00578. The minimum Gasteiger partial charge on any atom is -0.544 e. The standard InChI is InChI=1S/C18H31BO3Si/c1-16(2,3)23(8,9)20-15-12-10-14(11-13-15)19-21-17(4,5)18(6,7)22-19/h10-13H,1-9H3. The summed E-state index contributed by atoms with van der Waals surface area (Å²) in [4.78, 5) is 0. The molecule has 0 spiro atoms. The molecule has 1 aliphatic rings. The highest BCUT2D eigenvalue weighted by atomic mass is 28.4. The molecule has 1 aromatic rings. The van der Waals surface area contributed by atoms with Crippen LogP contribution >= 0.6 is 0 Å². The molecule has 0 amide bonds. The van der Waals surface area contributed by atoms with Crippen molar-refractivity contribution in [2.75, 3.05) is 0 Å². The van der Waals surface area contributed by atoms with Crippen molar-refractivity contribution in [3.05, 3.63) is 24.3 Å². The van der Waals surface area contributed by atoms with Crippen LogP contribution in [0.5, 0.6) is 5.75 Å². The molecule has 1 aromatic carbocycles. The van der Waals surface area contributed by atoms with Crippen LogP contribution in [-0.4, -0.2) is 26.6 Å². The highest BCUT2D eigenvalue weighted by Crippen LogP contribution is 2.38. The number of hydrogen-bond donors (Lipinski definition) is 0. The SMILES string of the molecule is CC1(C)OB(c2ccc(O[Si](C)(C)C(C)(C)C)cc2)OC1(C)C. The van der Waals surface area contributed by atoms with Gasteiger partial charge in [-0.1, -0.05) is 32.9 Å². The van der Waals surface area contributed by atoms with Gasteiger partial charge in [0, 0.05) is 0 Å². The van der Waals surface area contributed by atoms with E-state index in [1.54, 1.807) is 0 Å². The third kappa shape index (κ3) is 3.67. The van der Waals surface area contributed by atoms with E-state index in [-0.39, 0.29) is 23.4 Å². The molecule has 0 bridgehead atoms. The lowest BCUT2D eigenvalue weighted by Crippen LogP contribution is -2.44. The van der Waals surface area contributed by atoms with Gasteiger partial charge in [-0.05, 0) is 63.4 Å². The summed E-state index contributed by atoms with van der Waals surface area (Å²) in [6.07, 6.45) is 0. The molecular formula is C18H31BO3Si. The molecule has 0 unspecified atom stereocenters. The van der Waals surface area contributed by atoms with Crippen molar-refractivity contribution in [3.63, 3.8) is 0 Å². The molecule has 0 aliphatic carbocycles. The lowest BCUT2D eigenvalue weighted by Gasteiger charge is -2.36. The lowest BCUT2D eigenvalue weighted by atomic mass is 9.79. The molecule has 23 heavy (non-hydrogen) atoms. The van der Waals surface area contributed by atoms with E-state index in [1.807, 2.05) is 24.3 Å². The third-order valence-electron chi connectivity index (χ3n) is 5.58. The molecule has 0 aromatic heterocycles. The van der Waals surface area contributed by atoms with E-state index in [9.17, 15) is 0 Å². The van der Waals surface area contributed by atoms with Crippen LogP contribution in [0.25, 0.3) is 0 Å². The molecular weight excluding hydrogens is 303 g/mol. The van der Waals surface area contributed by atoms with Gasteiger partial charge in [-0.15, -0.1) is 0 Å². The Morgan fingerprint density at radius 2 is 1.35 bits per heavy atom. The van der Waals surface area contributed by atoms with E-state index in [4.69, 9.17) is 13.7 Å². The quantitative estimate of drug-likeness (QED) is 0.768. The molecule has 5 heteroatoms. The molecule has 0 radical (unpaired) electrons. The second-order valence-electron chi connectivity index (χ2n) is 9.02. The molecule has 1 heterocycles. The van der Waals surface area contributed by atoms with Crippen molar-refractivity contribution in [1.29, 1.82) is 0 Å². The predicted molar refractivity (Wildman–Crippen MR) is 100.0 cm³/mol. The zero-order chi connectivity index (χ0) is 17.7. The number of rotatable bonds is 3. The Morgan fingerprint density at radius 3 is 1.74 bits per heavy atom. The van der Waals surface area contributed by atoms with E-state index in [0.717, 1.165) is 11.2 Å². The highest BCUT2D eigenvalue weighted by molar-refractivity contribution is 6.74. The summed E-state index contributed by atoms with van der Waals surface area (Å²) in [6, 6.07) is 8.15. The van der Waals surface area contributed by atoms with E-state index in [0.29, 0.717) is 0 Å². The molecule has 0 N–H and O–H groups in total. The molecule has 1 aliphatic heterocycles. The normalized spacial score (nSPS) is 20.7. The summed E-state index contributed by atoms with van der Waals surface area (Å²) in [6.45, 7) is 19.5. The molecule has 3 nitrogen and oxygen atoms in total. The van der Waals surface area contributed by atoms with Crippen LogP contribution in [0.15, 0.2) is 24.3 Å². The first-order valence-corrected chi connectivity index (χ1v) is 11.3. The maximum absolute atomic E-state index is 6.32. The fraction of sp³-hybridized carbons (Fsp3) is 0.667. The zero-order valence-corrected chi connectivity index (χ0v) is 17.1. The van der Waals surface area contributed by atoms with Crippen molar-refractivity contribution < 1.29 is 13.7 Å². The first kappa shape index (κ1) is 18.6. The smallest absolute Gasteiger partial charge is 0.494 e. The van der Waals surface area contributed by atoms with Crippen LogP contribution in [-0.2, 0) is 9.31 Å². The van der Waals surface area contributed by atoms with E-state index >= 15 is 0 Å². The topological polar surface area (TPSA) is 27.7 Å². The van der Waals surface area contributed by atoms with E-state index in [2.05, 4.69) is 61.6 Å². The first-order valence-electron chi connectivity index (χ1n) is 8.40. The zero-order valence-electron chi connectivity index (χ0n) is 16.1. The van der Waals surface area contributed by atoms with Gasteiger partial charge in [0.05, 0.1) is 11.2 Å². The van der Waals surface area contributed by atoms with Crippen molar-refractivity contribution in [1.82, 2.24) is 0 Å². The summed E-state index contributed by atoms with van der Waals surface area (Å²) in [5, 5.41) is 0.192. The summed E-state index contributed by atoms with van der Waals surface area (Å²) in [5.74, 6) is 0.928. The second kappa shape index (κ2) is 5.64. The second-order valence-corrected chi connectivity index (χ2v) is 13.7. The number of benzene rings is 1. The van der Waals surface area contributed by atoms with Gasteiger partial charge in [0.1, 0.15) is 5.75 Å². The Kier molecular flexibility index (Phi) is 4.55. The Labute approximate surface area is 143 Å². The van der Waals surface area contributed by atoms with Crippen LogP contribution in [0.1, 0.15) is 48.5 Å². The fourth-order valence-corrected chi connectivity index (χ4v) is 3.15. The molecule has 1 fully saturated rings. The largest absolute Gasteiger partial charge is 0.544 e. The monoisotopic (exact) mass is 334 g/mol. The van der Waals surface area contributed by atoms with Crippen LogP contribution in [0.3, 0.4) is 0 Å². The van der Waals surface area contributed by atoms with Gasteiger partial charge in [-0.3, -0.25) is 0 Å². The van der Waals surface area contributed by atoms with Crippen LogP contribution < -0.4 is 9.89 Å². The maximum Gasteiger partial charge on any atom is 0.494 e. The summed E-state index contributed by atoms with van der Waals surface area (Å²) >= 11 is 0. The summed E-state index contributed by atoms with van der Waals surface area (Å²) < 4.78 is 18.5. The van der Waals surface area contributed by atoms with Crippen LogP contribution in [0.4, 0.5) is 0 Å². The van der Waals surface area contributed by atoms with Crippen molar-refractivity contribution in [3.8, 4) is 5.75 Å². The van der Waals surface area contributed by atoms with Crippen LogP contribution in [0, 0.1) is 0 Å². The molecule has 0 saturated carbocycles. The average Bonchev–Trinajstić information content (AvgIpc) is 2.57. The van der Waals surface area contributed by atoms with Crippen molar-refractivity contribution in [2.45, 2.75) is 77.8 Å². The Bertz CT molecular complexity index is 543. The maximum atomic E-state index is 6.32. The fourth-order valence-electron chi connectivity index (χ4n) is 2.12. The third-order valence-corrected chi connectivity index (χ3v) is 9.94. The minimum atomic E-state index is -1.80. The summed E-state index contributed by atoms with van der Waals surface area (Å²) in [5.41, 5.74) is 0.410. The van der Waals surface area contributed by atoms with Gasteiger partial charge in [-0.25, -0.2) is 0 Å². The molecule has 2 rings (SSSR count). The Morgan fingerprint density at radius 1 is 0.913 bits per heavy atom. The van der Waals surface area contributed by atoms with Gasteiger partial charge >= 0.3 is 7.12 Å². The van der Waals surface area contributed by atoms with Crippen molar-refractivity contribution >= 4 is 20.9 Å². The average molecular weight is 334 g/mol. The first-order chi connectivity index (χ1) is 10.3. The minimum absolute atomic E-state index is 0.192. The molecule has 1 saturated heterocycles.